The van der Waals surface area contributed by atoms with Gasteiger partial charge in [0.05, 0.1) is 5.51 Å². The molecule has 1 atom stereocenters. The Kier molecular flexibility index (Phi) is 5.56. The average Bonchev–Trinajstić information content (AvgIpc) is 2.91. The summed E-state index contributed by atoms with van der Waals surface area (Å²) in [4.78, 5) is 16.4. The van der Waals surface area contributed by atoms with E-state index in [-0.39, 0.29) is 22.6 Å². The van der Waals surface area contributed by atoms with E-state index >= 15 is 0 Å². The van der Waals surface area contributed by atoms with Crippen LogP contribution in [0.1, 0.15) is 42.0 Å². The maximum atomic E-state index is 12.1. The lowest BCUT2D eigenvalue weighted by molar-refractivity contribution is 0.0945. The summed E-state index contributed by atoms with van der Waals surface area (Å²) < 4.78 is 0. The molecule has 118 valence electrons. The second kappa shape index (κ2) is 7.22. The maximum absolute atomic E-state index is 12.1. The summed E-state index contributed by atoms with van der Waals surface area (Å²) >= 11 is 7.12. The third kappa shape index (κ3) is 4.53. The van der Waals surface area contributed by atoms with E-state index in [2.05, 4.69) is 48.5 Å². The molecule has 0 radical (unpaired) electrons. The zero-order chi connectivity index (χ0) is 16.2. The van der Waals surface area contributed by atoms with Crippen LogP contribution in [0.4, 0.5) is 0 Å². The van der Waals surface area contributed by atoms with E-state index in [0.717, 1.165) is 0 Å². The highest BCUT2D eigenvalue weighted by Gasteiger charge is 2.23. The molecule has 1 unspecified atom stereocenters. The van der Waals surface area contributed by atoms with Crippen LogP contribution in [-0.4, -0.2) is 23.0 Å². The van der Waals surface area contributed by atoms with Crippen molar-refractivity contribution in [1.29, 1.82) is 0 Å². The third-order valence-corrected chi connectivity index (χ3v) is 4.55. The molecular weight excluding hydrogens is 318 g/mol. The number of hydrogen-bond acceptors (Lipinski definition) is 4. The average molecular weight is 338 g/mol. The van der Waals surface area contributed by atoms with Gasteiger partial charge in [0.15, 0.2) is 5.15 Å². The Morgan fingerprint density at radius 1 is 1.36 bits per heavy atom. The van der Waals surface area contributed by atoms with Crippen molar-refractivity contribution in [2.45, 2.75) is 32.4 Å². The summed E-state index contributed by atoms with van der Waals surface area (Å²) in [5.74, 6) is -0.185. The second-order valence-electron chi connectivity index (χ2n) is 5.82. The monoisotopic (exact) mass is 337 g/mol. The van der Waals surface area contributed by atoms with Gasteiger partial charge in [-0.2, -0.15) is 0 Å². The number of aromatic nitrogens is 1. The molecule has 0 saturated carbocycles. The van der Waals surface area contributed by atoms with Gasteiger partial charge < -0.3 is 10.6 Å². The molecule has 1 aromatic heterocycles. The van der Waals surface area contributed by atoms with Crippen LogP contribution in [0, 0.1) is 0 Å². The fourth-order valence-corrected chi connectivity index (χ4v) is 3.14. The van der Waals surface area contributed by atoms with Gasteiger partial charge in [-0.3, -0.25) is 4.79 Å². The molecule has 0 aliphatic carbocycles. The molecule has 0 aliphatic rings. The Labute approximate surface area is 139 Å². The summed E-state index contributed by atoms with van der Waals surface area (Å²) in [5, 5.41) is 6.69. The van der Waals surface area contributed by atoms with Crippen molar-refractivity contribution >= 4 is 28.8 Å². The van der Waals surface area contributed by atoms with Gasteiger partial charge in [0.1, 0.15) is 4.88 Å². The molecule has 0 bridgehead atoms. The molecule has 1 aromatic carbocycles. The summed E-state index contributed by atoms with van der Waals surface area (Å²) in [6.07, 6.45) is 0. The van der Waals surface area contributed by atoms with Gasteiger partial charge in [0.2, 0.25) is 0 Å². The van der Waals surface area contributed by atoms with Crippen LogP contribution in [0.5, 0.6) is 0 Å². The Bertz CT molecular complexity index is 627. The SMILES string of the molecule is CC(NC(C)(C)CNC(=O)c1scnc1Cl)c1ccccc1. The van der Waals surface area contributed by atoms with Crippen LogP contribution in [0.15, 0.2) is 35.8 Å². The first-order valence-corrected chi connectivity index (χ1v) is 8.34. The van der Waals surface area contributed by atoms with E-state index in [4.69, 9.17) is 11.6 Å². The quantitative estimate of drug-likeness (QED) is 0.845. The van der Waals surface area contributed by atoms with E-state index in [1.54, 1.807) is 5.51 Å². The topological polar surface area (TPSA) is 54.0 Å². The Balaban J connectivity index is 1.91. The summed E-state index contributed by atoms with van der Waals surface area (Å²) in [6, 6.07) is 10.4. The normalized spacial score (nSPS) is 12.9. The predicted molar refractivity (Wildman–Crippen MR) is 91.5 cm³/mol. The van der Waals surface area contributed by atoms with Crippen LogP contribution >= 0.6 is 22.9 Å². The highest BCUT2D eigenvalue weighted by molar-refractivity contribution is 7.12. The molecule has 1 heterocycles. The summed E-state index contributed by atoms with van der Waals surface area (Å²) in [6.45, 7) is 6.72. The van der Waals surface area contributed by atoms with Crippen LogP contribution in [-0.2, 0) is 0 Å². The lowest BCUT2D eigenvalue weighted by Gasteiger charge is -2.30. The van der Waals surface area contributed by atoms with E-state index in [1.807, 2.05) is 18.2 Å². The largest absolute Gasteiger partial charge is 0.349 e. The Morgan fingerprint density at radius 3 is 2.64 bits per heavy atom. The van der Waals surface area contributed by atoms with Crippen molar-refractivity contribution in [1.82, 2.24) is 15.6 Å². The summed E-state index contributed by atoms with van der Waals surface area (Å²) in [5.41, 5.74) is 2.53. The molecule has 0 saturated heterocycles. The molecule has 2 rings (SSSR count). The number of carbonyl (C=O) groups is 1. The standard InChI is InChI=1S/C16H20ClN3OS/c1-11(12-7-5-4-6-8-12)20-16(2,3)9-18-15(21)13-14(17)19-10-22-13/h4-8,10-11,20H,9H2,1-3H3,(H,18,21). The number of rotatable bonds is 6. The van der Waals surface area contributed by atoms with Gasteiger partial charge in [-0.25, -0.2) is 4.98 Å². The number of halogens is 1. The Morgan fingerprint density at radius 2 is 2.05 bits per heavy atom. The number of thiazole rings is 1. The fourth-order valence-electron chi connectivity index (χ4n) is 2.22. The minimum atomic E-state index is -0.248. The number of nitrogens with zero attached hydrogens (tertiary/aromatic N) is 1. The lowest BCUT2D eigenvalue weighted by atomic mass is 10.0. The van der Waals surface area contributed by atoms with E-state index in [1.165, 1.54) is 16.9 Å². The van der Waals surface area contributed by atoms with E-state index < -0.39 is 0 Å². The van der Waals surface area contributed by atoms with Gasteiger partial charge >= 0.3 is 0 Å². The Hall–Kier alpha value is -1.43. The van der Waals surface area contributed by atoms with Gasteiger partial charge in [0.25, 0.3) is 5.91 Å². The first kappa shape index (κ1) is 16.9. The number of nitrogens with one attached hydrogen (secondary N) is 2. The zero-order valence-electron chi connectivity index (χ0n) is 12.9. The van der Waals surface area contributed by atoms with E-state index in [9.17, 15) is 4.79 Å². The summed E-state index contributed by atoms with van der Waals surface area (Å²) in [7, 11) is 0. The third-order valence-electron chi connectivity index (χ3n) is 3.33. The van der Waals surface area contributed by atoms with Crippen LogP contribution in [0.3, 0.4) is 0 Å². The zero-order valence-corrected chi connectivity index (χ0v) is 14.5. The highest BCUT2D eigenvalue weighted by atomic mass is 35.5. The van der Waals surface area contributed by atoms with Crippen LogP contribution in [0.2, 0.25) is 5.15 Å². The molecule has 2 N–H and O–H groups in total. The van der Waals surface area contributed by atoms with Crippen molar-refractivity contribution in [3.8, 4) is 0 Å². The maximum Gasteiger partial charge on any atom is 0.264 e. The van der Waals surface area contributed by atoms with Crippen molar-refractivity contribution < 1.29 is 4.79 Å². The molecule has 2 aromatic rings. The van der Waals surface area contributed by atoms with Gasteiger partial charge in [0, 0.05) is 18.1 Å². The number of hydrogen-bond donors (Lipinski definition) is 2. The molecule has 22 heavy (non-hydrogen) atoms. The van der Waals surface area contributed by atoms with Crippen molar-refractivity contribution in [2.75, 3.05) is 6.54 Å². The predicted octanol–water partition coefficient (Wildman–Crippen LogP) is 3.66. The minimum Gasteiger partial charge on any atom is -0.349 e. The highest BCUT2D eigenvalue weighted by Crippen LogP contribution is 2.19. The fraction of sp³-hybridized carbons (Fsp3) is 0.375. The molecular formula is C16H20ClN3OS. The van der Waals surface area contributed by atoms with Crippen LogP contribution < -0.4 is 10.6 Å². The second-order valence-corrected chi connectivity index (χ2v) is 7.03. The molecule has 1 amide bonds. The number of benzene rings is 1. The lowest BCUT2D eigenvalue weighted by Crippen LogP contribution is -2.49. The van der Waals surface area contributed by atoms with Crippen LogP contribution in [0.25, 0.3) is 0 Å². The molecule has 0 fully saturated rings. The first-order valence-electron chi connectivity index (χ1n) is 7.09. The van der Waals surface area contributed by atoms with Gasteiger partial charge in [-0.1, -0.05) is 41.9 Å². The number of amides is 1. The van der Waals surface area contributed by atoms with Crippen molar-refractivity contribution in [2.24, 2.45) is 0 Å². The minimum absolute atomic E-state index is 0.185. The molecule has 6 heteroatoms. The first-order chi connectivity index (χ1) is 10.4. The smallest absolute Gasteiger partial charge is 0.264 e. The van der Waals surface area contributed by atoms with Crippen molar-refractivity contribution in [3.63, 3.8) is 0 Å². The molecule has 0 spiro atoms. The van der Waals surface area contributed by atoms with Gasteiger partial charge in [-0.15, -0.1) is 11.3 Å². The van der Waals surface area contributed by atoms with Gasteiger partial charge in [-0.05, 0) is 26.3 Å². The molecule has 4 nitrogen and oxygen atoms in total. The van der Waals surface area contributed by atoms with Crippen molar-refractivity contribution in [3.05, 3.63) is 51.4 Å². The van der Waals surface area contributed by atoms with E-state index in [0.29, 0.717) is 11.4 Å². The molecule has 0 aliphatic heterocycles. The number of carbonyl (C=O) groups excluding carboxylic acids is 1.